The summed E-state index contributed by atoms with van der Waals surface area (Å²) in [4.78, 5) is 4.18. The van der Waals surface area contributed by atoms with Crippen LogP contribution in [-0.4, -0.2) is 12.0 Å². The maximum absolute atomic E-state index is 12.8. The molecule has 17 heavy (non-hydrogen) atoms. The van der Waals surface area contributed by atoms with Crippen molar-refractivity contribution in [1.82, 2.24) is 10.3 Å². The molecule has 1 atom stereocenters. The molecule has 1 heterocycles. The predicted octanol–water partition coefficient (Wildman–Crippen LogP) is 3.45. The average Bonchev–Trinajstić information content (AvgIpc) is 2.38. The van der Waals surface area contributed by atoms with Crippen LogP contribution in [0.25, 0.3) is 0 Å². The van der Waals surface area contributed by atoms with Gasteiger partial charge < -0.3 is 5.32 Å². The molecule has 2 rings (SSSR count). The highest BCUT2D eigenvalue weighted by Gasteiger charge is 2.19. The second-order valence-electron chi connectivity index (χ2n) is 4.98. The van der Waals surface area contributed by atoms with E-state index in [2.05, 4.69) is 10.3 Å². The molecule has 0 spiro atoms. The van der Waals surface area contributed by atoms with E-state index in [4.69, 9.17) is 0 Å². The van der Waals surface area contributed by atoms with Crippen molar-refractivity contribution in [3.05, 3.63) is 29.8 Å². The normalized spacial score (nSPS) is 19.2. The molecular weight excluding hydrogens is 215 g/mol. The summed E-state index contributed by atoms with van der Waals surface area (Å²) >= 11 is 0. The molecule has 1 N–H and O–H groups in total. The zero-order chi connectivity index (χ0) is 12.1. The SMILES string of the molecule is CNC(CC1CCCCC1)c1ccc(F)cn1. The van der Waals surface area contributed by atoms with Crippen LogP contribution in [0.4, 0.5) is 4.39 Å². The van der Waals surface area contributed by atoms with Crippen LogP contribution < -0.4 is 5.32 Å². The standard InChI is InChI=1S/C14H21FN2/c1-16-14(9-11-5-3-2-4-6-11)13-8-7-12(15)10-17-13/h7-8,10-11,14,16H,2-6,9H2,1H3. The zero-order valence-electron chi connectivity index (χ0n) is 10.5. The van der Waals surface area contributed by atoms with E-state index in [0.717, 1.165) is 18.0 Å². The molecule has 1 fully saturated rings. The fourth-order valence-corrected chi connectivity index (χ4v) is 2.74. The van der Waals surface area contributed by atoms with Crippen molar-refractivity contribution < 1.29 is 4.39 Å². The van der Waals surface area contributed by atoms with Gasteiger partial charge in [-0.05, 0) is 31.5 Å². The third-order valence-electron chi connectivity index (χ3n) is 3.75. The molecule has 2 nitrogen and oxygen atoms in total. The number of hydrogen-bond donors (Lipinski definition) is 1. The number of nitrogens with zero attached hydrogens (tertiary/aromatic N) is 1. The monoisotopic (exact) mass is 236 g/mol. The fourth-order valence-electron chi connectivity index (χ4n) is 2.74. The van der Waals surface area contributed by atoms with E-state index in [1.165, 1.54) is 44.4 Å². The Labute approximate surface area is 103 Å². The predicted molar refractivity (Wildman–Crippen MR) is 67.2 cm³/mol. The van der Waals surface area contributed by atoms with Gasteiger partial charge in [0.05, 0.1) is 11.9 Å². The molecule has 1 saturated carbocycles. The topological polar surface area (TPSA) is 24.9 Å². The van der Waals surface area contributed by atoms with Crippen LogP contribution in [0.3, 0.4) is 0 Å². The quantitative estimate of drug-likeness (QED) is 0.866. The molecule has 0 aliphatic heterocycles. The van der Waals surface area contributed by atoms with Gasteiger partial charge in [-0.3, -0.25) is 4.98 Å². The van der Waals surface area contributed by atoms with Crippen molar-refractivity contribution in [2.24, 2.45) is 5.92 Å². The summed E-state index contributed by atoms with van der Waals surface area (Å²) in [6.07, 6.45) is 9.19. The summed E-state index contributed by atoms with van der Waals surface area (Å²) in [6.45, 7) is 0. The van der Waals surface area contributed by atoms with Crippen LogP contribution in [-0.2, 0) is 0 Å². The Hall–Kier alpha value is -0.960. The lowest BCUT2D eigenvalue weighted by Crippen LogP contribution is -2.22. The molecule has 1 aromatic heterocycles. The summed E-state index contributed by atoms with van der Waals surface area (Å²) in [5.41, 5.74) is 0.958. The third kappa shape index (κ3) is 3.50. The van der Waals surface area contributed by atoms with Gasteiger partial charge in [-0.1, -0.05) is 32.1 Å². The van der Waals surface area contributed by atoms with E-state index >= 15 is 0 Å². The molecule has 1 unspecified atom stereocenters. The van der Waals surface area contributed by atoms with Gasteiger partial charge in [-0.15, -0.1) is 0 Å². The van der Waals surface area contributed by atoms with Crippen molar-refractivity contribution in [3.63, 3.8) is 0 Å². The van der Waals surface area contributed by atoms with E-state index in [-0.39, 0.29) is 11.9 Å². The van der Waals surface area contributed by atoms with Gasteiger partial charge in [0.15, 0.2) is 0 Å². The first-order valence-electron chi connectivity index (χ1n) is 6.58. The maximum Gasteiger partial charge on any atom is 0.141 e. The highest BCUT2D eigenvalue weighted by molar-refractivity contribution is 5.10. The largest absolute Gasteiger partial charge is 0.312 e. The maximum atomic E-state index is 12.8. The highest BCUT2D eigenvalue weighted by Crippen LogP contribution is 2.31. The minimum absolute atomic E-state index is 0.263. The molecule has 0 amide bonds. The van der Waals surface area contributed by atoms with Gasteiger partial charge in [0, 0.05) is 6.04 Å². The Morgan fingerprint density at radius 1 is 1.35 bits per heavy atom. The Morgan fingerprint density at radius 3 is 2.71 bits per heavy atom. The van der Waals surface area contributed by atoms with Crippen molar-refractivity contribution in [2.75, 3.05) is 7.05 Å². The van der Waals surface area contributed by atoms with Gasteiger partial charge in [0.2, 0.25) is 0 Å². The van der Waals surface area contributed by atoms with Crippen LogP contribution in [0.5, 0.6) is 0 Å². The van der Waals surface area contributed by atoms with Gasteiger partial charge >= 0.3 is 0 Å². The molecule has 1 aromatic rings. The van der Waals surface area contributed by atoms with E-state index in [9.17, 15) is 4.39 Å². The van der Waals surface area contributed by atoms with E-state index < -0.39 is 0 Å². The number of hydrogen-bond acceptors (Lipinski definition) is 2. The molecule has 0 bridgehead atoms. The van der Waals surface area contributed by atoms with Crippen molar-refractivity contribution in [2.45, 2.75) is 44.6 Å². The highest BCUT2D eigenvalue weighted by atomic mass is 19.1. The van der Waals surface area contributed by atoms with E-state index in [0.29, 0.717) is 0 Å². The fraction of sp³-hybridized carbons (Fsp3) is 0.643. The lowest BCUT2D eigenvalue weighted by atomic mass is 9.84. The summed E-state index contributed by atoms with van der Waals surface area (Å²) in [6, 6.07) is 3.55. The first-order valence-corrected chi connectivity index (χ1v) is 6.58. The number of pyridine rings is 1. The third-order valence-corrected chi connectivity index (χ3v) is 3.75. The second kappa shape index (κ2) is 6.10. The Kier molecular flexibility index (Phi) is 4.49. The second-order valence-corrected chi connectivity index (χ2v) is 4.98. The summed E-state index contributed by atoms with van der Waals surface area (Å²) in [5.74, 6) is 0.536. The van der Waals surface area contributed by atoms with Gasteiger partial charge in [-0.2, -0.15) is 0 Å². The van der Waals surface area contributed by atoms with E-state index in [1.807, 2.05) is 7.05 Å². The van der Waals surface area contributed by atoms with Gasteiger partial charge in [0.25, 0.3) is 0 Å². The molecular formula is C14H21FN2. The molecule has 0 radical (unpaired) electrons. The van der Waals surface area contributed by atoms with Crippen molar-refractivity contribution in [3.8, 4) is 0 Å². The number of halogens is 1. The Balaban J connectivity index is 1.97. The van der Waals surface area contributed by atoms with Crippen LogP contribution in [0.15, 0.2) is 18.3 Å². The molecule has 1 aliphatic rings. The molecule has 1 aliphatic carbocycles. The molecule has 94 valence electrons. The van der Waals surface area contributed by atoms with Crippen LogP contribution in [0, 0.1) is 11.7 Å². The zero-order valence-corrected chi connectivity index (χ0v) is 10.5. The lowest BCUT2D eigenvalue weighted by Gasteiger charge is -2.26. The minimum Gasteiger partial charge on any atom is -0.312 e. The summed E-state index contributed by atoms with van der Waals surface area (Å²) < 4.78 is 12.8. The van der Waals surface area contributed by atoms with Gasteiger partial charge in [-0.25, -0.2) is 4.39 Å². The smallest absolute Gasteiger partial charge is 0.141 e. The average molecular weight is 236 g/mol. The first-order chi connectivity index (χ1) is 8.29. The van der Waals surface area contributed by atoms with Crippen LogP contribution in [0.1, 0.15) is 50.3 Å². The Bertz CT molecular complexity index is 331. The number of nitrogens with one attached hydrogen (secondary N) is 1. The minimum atomic E-state index is -0.263. The first kappa shape index (κ1) is 12.5. The molecule has 0 saturated heterocycles. The van der Waals surface area contributed by atoms with E-state index in [1.54, 1.807) is 6.07 Å². The van der Waals surface area contributed by atoms with Crippen molar-refractivity contribution >= 4 is 0 Å². The van der Waals surface area contributed by atoms with Crippen LogP contribution >= 0.6 is 0 Å². The summed E-state index contributed by atoms with van der Waals surface area (Å²) in [7, 11) is 1.96. The van der Waals surface area contributed by atoms with Gasteiger partial charge in [0.1, 0.15) is 5.82 Å². The number of aromatic nitrogens is 1. The molecule has 0 aromatic carbocycles. The summed E-state index contributed by atoms with van der Waals surface area (Å²) in [5, 5.41) is 3.30. The molecule has 3 heteroatoms. The lowest BCUT2D eigenvalue weighted by molar-refractivity contribution is 0.303. The van der Waals surface area contributed by atoms with Crippen molar-refractivity contribution in [1.29, 1.82) is 0 Å². The number of rotatable bonds is 4. The van der Waals surface area contributed by atoms with Crippen LogP contribution in [0.2, 0.25) is 0 Å². The Morgan fingerprint density at radius 2 is 2.12 bits per heavy atom.